The number of fused-ring (bicyclic) bond motifs is 1. The molecule has 8 nitrogen and oxygen atoms in total. The second-order valence-corrected chi connectivity index (χ2v) is 8.34. The Labute approximate surface area is 188 Å². The monoisotopic (exact) mass is 450 g/mol. The van der Waals surface area contributed by atoms with E-state index >= 15 is 0 Å². The van der Waals surface area contributed by atoms with Gasteiger partial charge in [-0.2, -0.15) is 0 Å². The molecule has 0 bridgehead atoms. The molecule has 2 heterocycles. The molecule has 1 aromatic carbocycles. The van der Waals surface area contributed by atoms with Gasteiger partial charge in [-0.1, -0.05) is 32.0 Å². The molecule has 170 valence electrons. The number of rotatable bonds is 7. The number of piperidine rings is 1. The van der Waals surface area contributed by atoms with E-state index in [1.165, 1.54) is 0 Å². The number of aromatic amines is 1. The number of nitrogens with one attached hydrogen (secondary N) is 2. The van der Waals surface area contributed by atoms with Crippen LogP contribution < -0.4 is 11.1 Å². The van der Waals surface area contributed by atoms with E-state index in [-0.39, 0.29) is 36.1 Å². The zero-order chi connectivity index (χ0) is 21.8. The highest BCUT2D eigenvalue weighted by Gasteiger charge is 2.32. The van der Waals surface area contributed by atoms with E-state index in [9.17, 15) is 19.5 Å². The first kappa shape index (κ1) is 24.7. The van der Waals surface area contributed by atoms with Crippen molar-refractivity contribution >= 4 is 41.1 Å². The molecule has 2 atom stereocenters. The number of aliphatic carboxylic acids is 1. The fourth-order valence-corrected chi connectivity index (χ4v) is 4.01. The lowest BCUT2D eigenvalue weighted by atomic mass is 9.93. The molecule has 1 aliphatic rings. The Bertz CT molecular complexity index is 921. The minimum Gasteiger partial charge on any atom is -0.480 e. The van der Waals surface area contributed by atoms with Crippen molar-refractivity contribution in [2.45, 2.75) is 45.2 Å². The summed E-state index contributed by atoms with van der Waals surface area (Å²) >= 11 is 0. The molecule has 31 heavy (non-hydrogen) atoms. The molecular formula is C22H31ClN4O4. The summed E-state index contributed by atoms with van der Waals surface area (Å²) in [4.78, 5) is 41.5. The molecule has 2 unspecified atom stereocenters. The third-order valence-corrected chi connectivity index (χ3v) is 5.84. The fraction of sp³-hybridized carbons (Fsp3) is 0.500. The van der Waals surface area contributed by atoms with Gasteiger partial charge in [-0.05, 0) is 36.8 Å². The SMILES string of the molecule is CC(C)C(NC(=O)C1CCN(C(=O)C(N)Cc2c[nH]c3ccccc23)CC1)C(=O)O.Cl. The minimum atomic E-state index is -1.03. The standard InChI is InChI=1S/C22H30N4O4.ClH/c1-13(2)19(22(29)30)25-20(27)14-7-9-26(10-8-14)21(28)17(23)11-15-12-24-18-6-4-3-5-16(15)18;/h3-6,12-14,17,19,24H,7-11,23H2,1-2H3,(H,25,27)(H,29,30);1H. The molecule has 1 saturated heterocycles. The number of nitrogens with zero attached hydrogens (tertiary/aromatic N) is 1. The number of carbonyl (C=O) groups excluding carboxylic acids is 2. The zero-order valence-electron chi connectivity index (χ0n) is 17.8. The summed E-state index contributed by atoms with van der Waals surface area (Å²) in [5, 5.41) is 12.9. The molecule has 3 rings (SSSR count). The molecular weight excluding hydrogens is 420 g/mol. The van der Waals surface area contributed by atoms with Crippen LogP contribution in [-0.4, -0.2) is 57.9 Å². The van der Waals surface area contributed by atoms with Crippen molar-refractivity contribution in [2.75, 3.05) is 13.1 Å². The average Bonchev–Trinajstić information content (AvgIpc) is 3.13. The lowest BCUT2D eigenvalue weighted by Gasteiger charge is -2.33. The van der Waals surface area contributed by atoms with Crippen molar-refractivity contribution in [3.05, 3.63) is 36.0 Å². The number of carboxylic acid groups (broad SMARTS) is 1. The number of likely N-dealkylation sites (tertiary alicyclic amines) is 1. The van der Waals surface area contributed by atoms with Crippen LogP contribution in [-0.2, 0) is 20.8 Å². The van der Waals surface area contributed by atoms with Crippen LogP contribution in [0.4, 0.5) is 0 Å². The summed E-state index contributed by atoms with van der Waals surface area (Å²) in [6, 6.07) is 6.35. The molecule has 0 aliphatic carbocycles. The second kappa shape index (κ2) is 10.6. The van der Waals surface area contributed by atoms with E-state index in [2.05, 4.69) is 10.3 Å². The molecule has 0 radical (unpaired) electrons. The summed E-state index contributed by atoms with van der Waals surface area (Å²) in [6.45, 7) is 4.40. The maximum atomic E-state index is 12.8. The Kier molecular flexibility index (Phi) is 8.47. The lowest BCUT2D eigenvalue weighted by Crippen LogP contribution is -2.51. The Morgan fingerprint density at radius 1 is 1.23 bits per heavy atom. The van der Waals surface area contributed by atoms with Crippen LogP contribution in [0.5, 0.6) is 0 Å². The van der Waals surface area contributed by atoms with Crippen LogP contribution in [0.15, 0.2) is 30.5 Å². The van der Waals surface area contributed by atoms with Gasteiger partial charge in [0.15, 0.2) is 0 Å². The maximum absolute atomic E-state index is 12.8. The summed E-state index contributed by atoms with van der Waals surface area (Å²) in [7, 11) is 0. The third-order valence-electron chi connectivity index (χ3n) is 5.84. The largest absolute Gasteiger partial charge is 0.480 e. The van der Waals surface area contributed by atoms with Crippen LogP contribution in [0.2, 0.25) is 0 Å². The van der Waals surface area contributed by atoms with Crippen molar-refractivity contribution in [3.63, 3.8) is 0 Å². The predicted molar refractivity (Wildman–Crippen MR) is 121 cm³/mol. The molecule has 2 amide bonds. The highest BCUT2D eigenvalue weighted by Crippen LogP contribution is 2.21. The van der Waals surface area contributed by atoms with Gasteiger partial charge in [-0.15, -0.1) is 12.4 Å². The number of hydrogen-bond acceptors (Lipinski definition) is 4. The molecule has 5 N–H and O–H groups in total. The van der Waals surface area contributed by atoms with E-state index in [1.807, 2.05) is 30.5 Å². The van der Waals surface area contributed by atoms with Crippen molar-refractivity contribution in [1.29, 1.82) is 0 Å². The van der Waals surface area contributed by atoms with Crippen LogP contribution in [0.1, 0.15) is 32.3 Å². The van der Waals surface area contributed by atoms with Crippen molar-refractivity contribution in [2.24, 2.45) is 17.6 Å². The van der Waals surface area contributed by atoms with Gasteiger partial charge in [0.2, 0.25) is 11.8 Å². The number of H-pyrrole nitrogens is 1. The molecule has 1 fully saturated rings. The average molecular weight is 451 g/mol. The Balaban J connectivity index is 0.00000341. The summed E-state index contributed by atoms with van der Waals surface area (Å²) in [6.07, 6.45) is 3.34. The molecule has 2 aromatic rings. The van der Waals surface area contributed by atoms with Crippen LogP contribution in [0.3, 0.4) is 0 Å². The number of nitrogens with two attached hydrogens (primary N) is 1. The van der Waals surface area contributed by atoms with E-state index in [4.69, 9.17) is 5.73 Å². The smallest absolute Gasteiger partial charge is 0.326 e. The normalized spacial score (nSPS) is 16.6. The first-order chi connectivity index (χ1) is 14.3. The van der Waals surface area contributed by atoms with Gasteiger partial charge in [0.1, 0.15) is 6.04 Å². The number of amides is 2. The summed E-state index contributed by atoms with van der Waals surface area (Å²) in [5.41, 5.74) is 8.23. The summed E-state index contributed by atoms with van der Waals surface area (Å²) < 4.78 is 0. The number of carboxylic acids is 1. The highest BCUT2D eigenvalue weighted by atomic mass is 35.5. The Hall–Kier alpha value is -2.58. The third kappa shape index (κ3) is 5.77. The van der Waals surface area contributed by atoms with Gasteiger partial charge in [0.05, 0.1) is 6.04 Å². The number of aromatic nitrogens is 1. The van der Waals surface area contributed by atoms with E-state index in [0.29, 0.717) is 32.4 Å². The predicted octanol–water partition coefficient (Wildman–Crippen LogP) is 1.92. The topological polar surface area (TPSA) is 129 Å². The van der Waals surface area contributed by atoms with Crippen LogP contribution in [0.25, 0.3) is 10.9 Å². The Morgan fingerprint density at radius 3 is 2.48 bits per heavy atom. The van der Waals surface area contributed by atoms with Gasteiger partial charge in [0.25, 0.3) is 0 Å². The number of hydrogen-bond donors (Lipinski definition) is 4. The van der Waals surface area contributed by atoms with Gasteiger partial charge in [-0.25, -0.2) is 4.79 Å². The van der Waals surface area contributed by atoms with Crippen molar-refractivity contribution in [3.8, 4) is 0 Å². The molecule has 0 saturated carbocycles. The first-order valence-corrected chi connectivity index (χ1v) is 10.4. The quantitative estimate of drug-likeness (QED) is 0.512. The molecule has 9 heteroatoms. The lowest BCUT2D eigenvalue weighted by molar-refractivity contribution is -0.144. The number of halogens is 1. The number of benzene rings is 1. The second-order valence-electron chi connectivity index (χ2n) is 8.34. The molecule has 1 aliphatic heterocycles. The Morgan fingerprint density at radius 2 is 1.87 bits per heavy atom. The number of para-hydroxylation sites is 1. The molecule has 1 aromatic heterocycles. The van der Waals surface area contributed by atoms with Gasteiger partial charge in [-0.3, -0.25) is 9.59 Å². The van der Waals surface area contributed by atoms with E-state index < -0.39 is 18.1 Å². The van der Waals surface area contributed by atoms with E-state index in [0.717, 1.165) is 16.5 Å². The maximum Gasteiger partial charge on any atom is 0.326 e. The van der Waals surface area contributed by atoms with Crippen LogP contribution >= 0.6 is 12.4 Å². The fourth-order valence-electron chi connectivity index (χ4n) is 4.01. The summed E-state index contributed by atoms with van der Waals surface area (Å²) in [5.74, 6) is -1.90. The van der Waals surface area contributed by atoms with Gasteiger partial charge >= 0.3 is 5.97 Å². The van der Waals surface area contributed by atoms with E-state index in [1.54, 1.807) is 18.7 Å². The van der Waals surface area contributed by atoms with Crippen LogP contribution in [0, 0.1) is 11.8 Å². The number of carbonyl (C=O) groups is 3. The minimum absolute atomic E-state index is 0. The van der Waals surface area contributed by atoms with Crippen molar-refractivity contribution < 1.29 is 19.5 Å². The molecule has 0 spiro atoms. The van der Waals surface area contributed by atoms with Gasteiger partial charge < -0.3 is 26.0 Å². The van der Waals surface area contributed by atoms with Gasteiger partial charge in [0, 0.05) is 36.1 Å². The van der Waals surface area contributed by atoms with Crippen molar-refractivity contribution in [1.82, 2.24) is 15.2 Å². The first-order valence-electron chi connectivity index (χ1n) is 10.4. The highest BCUT2D eigenvalue weighted by molar-refractivity contribution is 5.87. The zero-order valence-corrected chi connectivity index (χ0v) is 18.7.